The van der Waals surface area contributed by atoms with Crippen LogP contribution in [0.3, 0.4) is 0 Å². The molecule has 2 aromatic rings. The Balaban J connectivity index is 1.70. The maximum Gasteiger partial charge on any atom is 0.341 e. The molecular formula is C19H19NO6. The normalized spacial score (nSPS) is 15.3. The molecular weight excluding hydrogens is 338 g/mol. The van der Waals surface area contributed by atoms with E-state index in [2.05, 4.69) is 5.32 Å². The monoisotopic (exact) mass is 357 g/mol. The highest BCUT2D eigenvalue weighted by Crippen LogP contribution is 2.28. The fraction of sp³-hybridized carbons (Fsp3) is 0.263. The molecule has 0 aliphatic carbocycles. The molecule has 7 nitrogen and oxygen atoms in total. The Bertz CT molecular complexity index is 819. The first-order valence-corrected chi connectivity index (χ1v) is 8.11. The summed E-state index contributed by atoms with van der Waals surface area (Å²) in [6, 6.07) is 12.2. The Morgan fingerprint density at radius 1 is 1.23 bits per heavy atom. The molecule has 0 saturated heterocycles. The van der Waals surface area contributed by atoms with Crippen molar-refractivity contribution in [3.8, 4) is 17.2 Å². The molecule has 1 aliphatic heterocycles. The molecule has 3 rings (SSSR count). The maximum atomic E-state index is 12.5. The standard InChI is InChI=1S/C19H19NO6/c1-24-16-7-6-13(9-17(16)26-11-18(21)22)19(23)20-14-8-12-4-2-3-5-15(12)25-10-14/h2-7,9,14H,8,10-11H2,1H3,(H,20,23)(H,21,22)/t14-/m1/s1. The first-order chi connectivity index (χ1) is 12.6. The van der Waals surface area contributed by atoms with Gasteiger partial charge in [0, 0.05) is 5.56 Å². The van der Waals surface area contributed by atoms with Crippen molar-refractivity contribution in [1.82, 2.24) is 5.32 Å². The number of fused-ring (bicyclic) bond motifs is 1. The van der Waals surface area contributed by atoms with Crippen LogP contribution in [0.1, 0.15) is 15.9 Å². The van der Waals surface area contributed by atoms with Crippen LogP contribution in [0.5, 0.6) is 17.2 Å². The second kappa shape index (κ2) is 7.77. The molecule has 0 aromatic heterocycles. The van der Waals surface area contributed by atoms with Gasteiger partial charge in [-0.1, -0.05) is 18.2 Å². The number of rotatable bonds is 6. The number of ether oxygens (including phenoxy) is 3. The number of para-hydroxylation sites is 1. The molecule has 1 aliphatic rings. The maximum absolute atomic E-state index is 12.5. The lowest BCUT2D eigenvalue weighted by Crippen LogP contribution is -2.42. The minimum atomic E-state index is -1.11. The topological polar surface area (TPSA) is 94.1 Å². The number of carboxylic acid groups (broad SMARTS) is 1. The van der Waals surface area contributed by atoms with Gasteiger partial charge >= 0.3 is 5.97 Å². The van der Waals surface area contributed by atoms with E-state index in [9.17, 15) is 9.59 Å². The number of carboxylic acids is 1. The third-order valence-electron chi connectivity index (χ3n) is 3.99. The molecule has 2 N–H and O–H groups in total. The highest BCUT2D eigenvalue weighted by molar-refractivity contribution is 5.95. The molecule has 0 radical (unpaired) electrons. The number of hydrogen-bond acceptors (Lipinski definition) is 5. The number of amides is 1. The summed E-state index contributed by atoms with van der Waals surface area (Å²) in [5.41, 5.74) is 1.40. The third kappa shape index (κ3) is 4.05. The summed E-state index contributed by atoms with van der Waals surface area (Å²) < 4.78 is 16.0. The van der Waals surface area contributed by atoms with Crippen molar-refractivity contribution in [2.24, 2.45) is 0 Å². The number of carbonyl (C=O) groups is 2. The number of carbonyl (C=O) groups excluding carboxylic acids is 1. The number of aliphatic carboxylic acids is 1. The van der Waals surface area contributed by atoms with Crippen LogP contribution in [0.25, 0.3) is 0 Å². The minimum absolute atomic E-state index is 0.150. The van der Waals surface area contributed by atoms with Crippen LogP contribution in [-0.2, 0) is 11.2 Å². The lowest BCUT2D eigenvalue weighted by Gasteiger charge is -2.26. The second-order valence-corrected chi connectivity index (χ2v) is 5.84. The summed E-state index contributed by atoms with van der Waals surface area (Å²) in [5.74, 6) is -0.00180. The Morgan fingerprint density at radius 2 is 2.04 bits per heavy atom. The van der Waals surface area contributed by atoms with Crippen LogP contribution in [0.4, 0.5) is 0 Å². The molecule has 7 heteroatoms. The van der Waals surface area contributed by atoms with E-state index in [1.54, 1.807) is 12.1 Å². The Morgan fingerprint density at radius 3 is 2.81 bits per heavy atom. The predicted octanol–water partition coefficient (Wildman–Crippen LogP) is 1.89. The molecule has 1 atom stereocenters. The largest absolute Gasteiger partial charge is 0.493 e. The van der Waals surface area contributed by atoms with E-state index in [-0.39, 0.29) is 17.7 Å². The molecule has 1 amide bonds. The quantitative estimate of drug-likeness (QED) is 0.820. The fourth-order valence-corrected chi connectivity index (χ4v) is 2.76. The van der Waals surface area contributed by atoms with E-state index >= 15 is 0 Å². The van der Waals surface area contributed by atoms with Crippen molar-refractivity contribution < 1.29 is 28.9 Å². The van der Waals surface area contributed by atoms with Crippen molar-refractivity contribution in [2.45, 2.75) is 12.5 Å². The van der Waals surface area contributed by atoms with Gasteiger partial charge in [-0.2, -0.15) is 0 Å². The second-order valence-electron chi connectivity index (χ2n) is 5.84. The van der Waals surface area contributed by atoms with Gasteiger partial charge in [-0.05, 0) is 36.2 Å². The van der Waals surface area contributed by atoms with E-state index in [0.717, 1.165) is 11.3 Å². The van der Waals surface area contributed by atoms with Crippen LogP contribution in [0, 0.1) is 0 Å². The number of nitrogens with one attached hydrogen (secondary N) is 1. The van der Waals surface area contributed by atoms with E-state index in [1.165, 1.54) is 13.2 Å². The van der Waals surface area contributed by atoms with Gasteiger partial charge in [-0.25, -0.2) is 4.79 Å². The molecule has 0 unspecified atom stereocenters. The highest BCUT2D eigenvalue weighted by Gasteiger charge is 2.22. The van der Waals surface area contributed by atoms with Crippen LogP contribution in [0.2, 0.25) is 0 Å². The lowest BCUT2D eigenvalue weighted by atomic mass is 10.0. The molecule has 0 bridgehead atoms. The first-order valence-electron chi connectivity index (χ1n) is 8.11. The van der Waals surface area contributed by atoms with Crippen molar-refractivity contribution in [3.63, 3.8) is 0 Å². The van der Waals surface area contributed by atoms with E-state index in [1.807, 2.05) is 24.3 Å². The van der Waals surface area contributed by atoms with Crippen molar-refractivity contribution in [3.05, 3.63) is 53.6 Å². The summed E-state index contributed by atoms with van der Waals surface area (Å²) in [6.07, 6.45) is 0.681. The molecule has 0 saturated carbocycles. The Labute approximate surface area is 150 Å². The Hall–Kier alpha value is -3.22. The number of methoxy groups -OCH3 is 1. The number of hydrogen-bond donors (Lipinski definition) is 2. The van der Waals surface area contributed by atoms with Crippen molar-refractivity contribution in [2.75, 3.05) is 20.3 Å². The average Bonchev–Trinajstić information content (AvgIpc) is 2.66. The van der Waals surface area contributed by atoms with E-state index < -0.39 is 12.6 Å². The fourth-order valence-electron chi connectivity index (χ4n) is 2.76. The van der Waals surface area contributed by atoms with Crippen LogP contribution in [-0.4, -0.2) is 43.3 Å². The van der Waals surface area contributed by atoms with E-state index in [4.69, 9.17) is 19.3 Å². The molecule has 2 aromatic carbocycles. The third-order valence-corrected chi connectivity index (χ3v) is 3.99. The van der Waals surface area contributed by atoms with Gasteiger partial charge in [0.05, 0.1) is 13.2 Å². The minimum Gasteiger partial charge on any atom is -0.493 e. The van der Waals surface area contributed by atoms with Crippen molar-refractivity contribution >= 4 is 11.9 Å². The molecule has 0 fully saturated rings. The van der Waals surface area contributed by atoms with Gasteiger partial charge in [-0.15, -0.1) is 0 Å². The average molecular weight is 357 g/mol. The van der Waals surface area contributed by atoms with Crippen LogP contribution >= 0.6 is 0 Å². The van der Waals surface area contributed by atoms with Gasteiger partial charge in [0.1, 0.15) is 12.4 Å². The summed E-state index contributed by atoms with van der Waals surface area (Å²) >= 11 is 0. The van der Waals surface area contributed by atoms with E-state index in [0.29, 0.717) is 24.3 Å². The summed E-state index contributed by atoms with van der Waals surface area (Å²) in [4.78, 5) is 23.2. The van der Waals surface area contributed by atoms with Crippen LogP contribution < -0.4 is 19.5 Å². The highest BCUT2D eigenvalue weighted by atomic mass is 16.5. The SMILES string of the molecule is COc1ccc(C(=O)N[C@H]2COc3ccccc3C2)cc1OCC(=O)O. The first kappa shape index (κ1) is 17.6. The van der Waals surface area contributed by atoms with Gasteiger partial charge in [0.25, 0.3) is 5.91 Å². The van der Waals surface area contributed by atoms with Gasteiger partial charge in [0.2, 0.25) is 0 Å². The zero-order valence-electron chi connectivity index (χ0n) is 14.2. The summed E-state index contributed by atoms with van der Waals surface area (Å²) in [6.45, 7) is -0.129. The van der Waals surface area contributed by atoms with Gasteiger partial charge < -0.3 is 24.6 Å². The molecule has 0 spiro atoms. The predicted molar refractivity (Wildman–Crippen MR) is 93.0 cm³/mol. The molecule has 136 valence electrons. The zero-order chi connectivity index (χ0) is 18.5. The summed E-state index contributed by atoms with van der Waals surface area (Å²) in [5, 5.41) is 11.7. The molecule has 1 heterocycles. The van der Waals surface area contributed by atoms with Crippen molar-refractivity contribution in [1.29, 1.82) is 0 Å². The summed E-state index contributed by atoms with van der Waals surface area (Å²) in [7, 11) is 1.44. The van der Waals surface area contributed by atoms with Gasteiger partial charge in [-0.3, -0.25) is 4.79 Å². The number of benzene rings is 2. The lowest BCUT2D eigenvalue weighted by molar-refractivity contribution is -0.139. The Kier molecular flexibility index (Phi) is 5.26. The molecule has 26 heavy (non-hydrogen) atoms. The zero-order valence-corrected chi connectivity index (χ0v) is 14.2. The smallest absolute Gasteiger partial charge is 0.341 e. The van der Waals surface area contributed by atoms with Crippen LogP contribution in [0.15, 0.2) is 42.5 Å². The van der Waals surface area contributed by atoms with Gasteiger partial charge in [0.15, 0.2) is 18.1 Å².